The van der Waals surface area contributed by atoms with Gasteiger partial charge in [-0.25, -0.2) is 0 Å². The Balaban J connectivity index is 1.66. The summed E-state index contributed by atoms with van der Waals surface area (Å²) in [5.74, 6) is 0.948. The van der Waals surface area contributed by atoms with Gasteiger partial charge < -0.3 is 15.0 Å². The van der Waals surface area contributed by atoms with Crippen LogP contribution in [-0.2, 0) is 11.3 Å². The van der Waals surface area contributed by atoms with E-state index in [1.165, 1.54) is 12.8 Å². The molecule has 1 aromatic rings. The molecule has 2 heterocycles. The molecule has 0 aromatic carbocycles. The molecular weight excluding hydrogens is 240 g/mol. The molecule has 104 valence electrons. The van der Waals surface area contributed by atoms with Crippen LogP contribution >= 0.6 is 0 Å². The highest BCUT2D eigenvalue weighted by Crippen LogP contribution is 2.24. The van der Waals surface area contributed by atoms with Gasteiger partial charge in [0.05, 0.1) is 24.4 Å². The van der Waals surface area contributed by atoms with Crippen molar-refractivity contribution in [3.05, 3.63) is 17.8 Å². The summed E-state index contributed by atoms with van der Waals surface area (Å²) in [5, 5.41) is 12.2. The van der Waals surface area contributed by atoms with Gasteiger partial charge in [-0.1, -0.05) is 0 Å². The van der Waals surface area contributed by atoms with Crippen molar-refractivity contribution >= 4 is 5.82 Å². The Morgan fingerprint density at radius 2 is 2.21 bits per heavy atom. The minimum absolute atomic E-state index is 0.0132. The molecule has 2 fully saturated rings. The Morgan fingerprint density at radius 1 is 1.37 bits per heavy atom. The largest absolute Gasteiger partial charge is 0.377 e. The minimum Gasteiger partial charge on any atom is -0.377 e. The number of hydrogen-bond acceptors (Lipinski definition) is 5. The molecule has 0 atom stereocenters. The van der Waals surface area contributed by atoms with Crippen molar-refractivity contribution in [1.29, 1.82) is 0 Å². The van der Waals surface area contributed by atoms with Crippen LogP contribution in [0.5, 0.6) is 0 Å². The fraction of sp³-hybridized carbons (Fsp3) is 0.714. The number of anilines is 1. The average Bonchev–Trinajstić information content (AvgIpc) is 3.21. The second-order valence-corrected chi connectivity index (χ2v) is 6.05. The van der Waals surface area contributed by atoms with Gasteiger partial charge in [0.1, 0.15) is 0 Å². The number of nitrogens with zero attached hydrogens (tertiary/aromatic N) is 3. The Kier molecular flexibility index (Phi) is 3.41. The number of nitrogens with one attached hydrogen (secondary N) is 1. The molecule has 1 aliphatic carbocycles. The highest BCUT2D eigenvalue weighted by molar-refractivity contribution is 5.41. The maximum atomic E-state index is 5.53. The van der Waals surface area contributed by atoms with Crippen molar-refractivity contribution in [3.63, 3.8) is 0 Å². The van der Waals surface area contributed by atoms with Crippen LogP contribution in [0.3, 0.4) is 0 Å². The van der Waals surface area contributed by atoms with E-state index in [0.29, 0.717) is 6.04 Å². The normalized spacial score (nSPS) is 22.5. The van der Waals surface area contributed by atoms with Crippen molar-refractivity contribution in [3.8, 4) is 0 Å². The molecule has 1 aliphatic heterocycles. The van der Waals surface area contributed by atoms with E-state index in [1.54, 1.807) is 0 Å². The Morgan fingerprint density at radius 3 is 2.84 bits per heavy atom. The molecule has 0 amide bonds. The highest BCUT2D eigenvalue weighted by Gasteiger charge is 2.31. The topological polar surface area (TPSA) is 50.3 Å². The van der Waals surface area contributed by atoms with Crippen LogP contribution in [0.1, 0.15) is 32.4 Å². The summed E-state index contributed by atoms with van der Waals surface area (Å²) >= 11 is 0. The molecule has 0 radical (unpaired) electrons. The monoisotopic (exact) mass is 262 g/mol. The Hall–Kier alpha value is -1.20. The molecule has 5 heteroatoms. The summed E-state index contributed by atoms with van der Waals surface area (Å²) in [5.41, 5.74) is 1.00. The van der Waals surface area contributed by atoms with Crippen LogP contribution in [0.2, 0.25) is 0 Å². The first-order chi connectivity index (χ1) is 9.15. The lowest BCUT2D eigenvalue weighted by atomic mass is 10.0. The van der Waals surface area contributed by atoms with Crippen molar-refractivity contribution in [2.75, 3.05) is 24.7 Å². The molecule has 1 aromatic heterocycles. The first-order valence-corrected chi connectivity index (χ1v) is 7.06. The first-order valence-electron chi connectivity index (χ1n) is 7.06. The standard InChI is InChI=1S/C14H22N4O/c1-14(2)10-19-8-7-18(14)13-6-5-12(16-17-13)9-15-11-3-4-11/h5-6,11,15H,3-4,7-10H2,1-2H3. The summed E-state index contributed by atoms with van der Waals surface area (Å²) in [6.45, 7) is 7.55. The van der Waals surface area contributed by atoms with E-state index in [-0.39, 0.29) is 5.54 Å². The number of hydrogen-bond donors (Lipinski definition) is 1. The van der Waals surface area contributed by atoms with E-state index < -0.39 is 0 Å². The van der Waals surface area contributed by atoms with Crippen molar-refractivity contribution in [1.82, 2.24) is 15.5 Å². The summed E-state index contributed by atoms with van der Waals surface area (Å²) in [7, 11) is 0. The molecule has 0 spiro atoms. The van der Waals surface area contributed by atoms with Gasteiger partial charge in [-0.2, -0.15) is 5.10 Å². The predicted octanol–water partition coefficient (Wildman–Crippen LogP) is 1.34. The molecular formula is C14H22N4O. The lowest BCUT2D eigenvalue weighted by Crippen LogP contribution is -2.53. The molecule has 19 heavy (non-hydrogen) atoms. The number of ether oxygens (including phenoxy) is 1. The number of rotatable bonds is 4. The zero-order valence-corrected chi connectivity index (χ0v) is 11.7. The summed E-state index contributed by atoms with van der Waals surface area (Å²) < 4.78 is 5.53. The second-order valence-electron chi connectivity index (χ2n) is 6.05. The van der Waals surface area contributed by atoms with Gasteiger partial charge in [-0.3, -0.25) is 0 Å². The van der Waals surface area contributed by atoms with Gasteiger partial charge in [0.25, 0.3) is 0 Å². The lowest BCUT2D eigenvalue weighted by Gasteiger charge is -2.42. The zero-order valence-electron chi connectivity index (χ0n) is 11.7. The van der Waals surface area contributed by atoms with Crippen LogP contribution in [0.15, 0.2) is 12.1 Å². The third-order valence-electron chi connectivity index (χ3n) is 3.78. The second kappa shape index (κ2) is 5.06. The van der Waals surface area contributed by atoms with E-state index in [2.05, 4.69) is 46.4 Å². The minimum atomic E-state index is -0.0132. The van der Waals surface area contributed by atoms with E-state index in [0.717, 1.165) is 37.8 Å². The van der Waals surface area contributed by atoms with Crippen LogP contribution in [0.4, 0.5) is 5.82 Å². The zero-order chi connectivity index (χ0) is 13.3. The van der Waals surface area contributed by atoms with E-state index in [4.69, 9.17) is 4.74 Å². The van der Waals surface area contributed by atoms with Crippen LogP contribution in [-0.4, -0.2) is 41.5 Å². The Labute approximate surface area is 114 Å². The van der Waals surface area contributed by atoms with Crippen LogP contribution in [0, 0.1) is 0 Å². The van der Waals surface area contributed by atoms with E-state index >= 15 is 0 Å². The van der Waals surface area contributed by atoms with Crippen molar-refractivity contribution < 1.29 is 4.74 Å². The molecule has 0 unspecified atom stereocenters. The van der Waals surface area contributed by atoms with E-state index in [9.17, 15) is 0 Å². The van der Waals surface area contributed by atoms with Crippen molar-refractivity contribution in [2.45, 2.75) is 44.8 Å². The quantitative estimate of drug-likeness (QED) is 0.887. The predicted molar refractivity (Wildman–Crippen MR) is 74.1 cm³/mol. The summed E-state index contributed by atoms with van der Waals surface area (Å²) in [4.78, 5) is 2.28. The third-order valence-corrected chi connectivity index (χ3v) is 3.78. The molecule has 1 saturated heterocycles. The third kappa shape index (κ3) is 3.04. The maximum absolute atomic E-state index is 5.53. The first kappa shape index (κ1) is 12.8. The summed E-state index contributed by atoms with van der Waals surface area (Å²) in [6.07, 6.45) is 2.60. The Bertz CT molecular complexity index is 428. The average molecular weight is 262 g/mol. The maximum Gasteiger partial charge on any atom is 0.151 e. The van der Waals surface area contributed by atoms with Gasteiger partial charge in [-0.15, -0.1) is 5.10 Å². The number of morpholine rings is 1. The summed E-state index contributed by atoms with van der Waals surface area (Å²) in [6, 6.07) is 4.85. The fourth-order valence-corrected chi connectivity index (χ4v) is 2.41. The molecule has 1 saturated carbocycles. The molecule has 2 aliphatic rings. The fourth-order valence-electron chi connectivity index (χ4n) is 2.41. The lowest BCUT2D eigenvalue weighted by molar-refractivity contribution is 0.0638. The van der Waals surface area contributed by atoms with E-state index in [1.807, 2.05) is 0 Å². The van der Waals surface area contributed by atoms with Crippen molar-refractivity contribution in [2.24, 2.45) is 0 Å². The highest BCUT2D eigenvalue weighted by atomic mass is 16.5. The van der Waals surface area contributed by atoms with Crippen LogP contribution in [0.25, 0.3) is 0 Å². The van der Waals surface area contributed by atoms with Gasteiger partial charge in [0.15, 0.2) is 5.82 Å². The van der Waals surface area contributed by atoms with Gasteiger partial charge >= 0.3 is 0 Å². The van der Waals surface area contributed by atoms with Gasteiger partial charge in [0, 0.05) is 19.1 Å². The molecule has 5 nitrogen and oxygen atoms in total. The molecule has 0 bridgehead atoms. The molecule has 3 rings (SSSR count). The molecule has 1 N–H and O–H groups in total. The SMILES string of the molecule is CC1(C)COCCN1c1ccc(CNC2CC2)nn1. The van der Waals surface area contributed by atoms with Gasteiger partial charge in [0.2, 0.25) is 0 Å². The number of aromatic nitrogens is 2. The van der Waals surface area contributed by atoms with Gasteiger partial charge in [-0.05, 0) is 38.8 Å². The smallest absolute Gasteiger partial charge is 0.151 e. The van der Waals surface area contributed by atoms with Crippen LogP contribution < -0.4 is 10.2 Å².